The Bertz CT molecular complexity index is 490. The lowest BCUT2D eigenvalue weighted by atomic mass is 10.2. The van der Waals surface area contributed by atoms with Gasteiger partial charge < -0.3 is 10.7 Å². The highest BCUT2D eigenvalue weighted by Crippen LogP contribution is 2.14. The Hall–Kier alpha value is -2.17. The number of aromatic nitrogens is 3. The smallest absolute Gasteiger partial charge is 0.286 e. The second kappa shape index (κ2) is 3.53. The van der Waals surface area contributed by atoms with E-state index < -0.39 is 5.91 Å². The van der Waals surface area contributed by atoms with Crippen molar-refractivity contribution in [1.82, 2.24) is 15.0 Å². The highest BCUT2D eigenvalue weighted by molar-refractivity contribution is 5.89. The average Bonchev–Trinajstić information content (AvgIpc) is 2.69. The van der Waals surface area contributed by atoms with Crippen LogP contribution in [-0.2, 0) is 0 Å². The van der Waals surface area contributed by atoms with Gasteiger partial charge in [0.05, 0.1) is 11.4 Å². The second-order valence-electron chi connectivity index (χ2n) is 3.17. The van der Waals surface area contributed by atoms with Gasteiger partial charge in [0.15, 0.2) is 0 Å². The molecule has 2 rings (SSSR count). The first-order chi connectivity index (χ1) is 7.16. The summed E-state index contributed by atoms with van der Waals surface area (Å²) in [5.74, 6) is -0.578. The standard InChI is InChI=1S/C10H10N4O/c1-6-5-8(7-3-2-4-12-7)14-10(13-6)9(11)15/h2-5,12H,1H3,(H2,11,15). The molecule has 0 fully saturated rings. The number of rotatable bonds is 2. The van der Waals surface area contributed by atoms with Crippen molar-refractivity contribution in [3.05, 3.63) is 35.9 Å². The van der Waals surface area contributed by atoms with Gasteiger partial charge >= 0.3 is 0 Å². The highest BCUT2D eigenvalue weighted by atomic mass is 16.1. The minimum absolute atomic E-state index is 0.0413. The molecule has 0 unspecified atom stereocenters. The first-order valence-corrected chi connectivity index (χ1v) is 4.46. The Morgan fingerprint density at radius 3 is 2.87 bits per heavy atom. The molecule has 5 nitrogen and oxygen atoms in total. The zero-order chi connectivity index (χ0) is 10.8. The molecule has 2 aromatic heterocycles. The van der Waals surface area contributed by atoms with E-state index in [4.69, 9.17) is 5.73 Å². The number of aryl methyl sites for hydroxylation is 1. The summed E-state index contributed by atoms with van der Waals surface area (Å²) in [6.07, 6.45) is 1.79. The summed E-state index contributed by atoms with van der Waals surface area (Å²) in [5, 5.41) is 0. The summed E-state index contributed by atoms with van der Waals surface area (Å²) in [6, 6.07) is 5.52. The molecule has 0 aliphatic rings. The van der Waals surface area contributed by atoms with Crippen LogP contribution in [0.25, 0.3) is 11.4 Å². The van der Waals surface area contributed by atoms with Gasteiger partial charge in [-0.3, -0.25) is 4.79 Å². The highest BCUT2D eigenvalue weighted by Gasteiger charge is 2.08. The van der Waals surface area contributed by atoms with Crippen molar-refractivity contribution in [2.24, 2.45) is 5.73 Å². The van der Waals surface area contributed by atoms with Gasteiger partial charge in [-0.1, -0.05) is 0 Å². The molecule has 0 saturated heterocycles. The molecule has 0 saturated carbocycles. The predicted octanol–water partition coefficient (Wildman–Crippen LogP) is 0.879. The van der Waals surface area contributed by atoms with Gasteiger partial charge in [0, 0.05) is 11.9 Å². The monoisotopic (exact) mass is 202 g/mol. The van der Waals surface area contributed by atoms with Gasteiger partial charge in [-0.15, -0.1) is 0 Å². The maximum absolute atomic E-state index is 11.0. The fraction of sp³-hybridized carbons (Fsp3) is 0.100. The van der Waals surface area contributed by atoms with Crippen LogP contribution in [0.2, 0.25) is 0 Å². The lowest BCUT2D eigenvalue weighted by Gasteiger charge is -2.01. The largest absolute Gasteiger partial charge is 0.363 e. The summed E-state index contributed by atoms with van der Waals surface area (Å²) in [4.78, 5) is 22.0. The average molecular weight is 202 g/mol. The van der Waals surface area contributed by atoms with Gasteiger partial charge in [0.2, 0.25) is 5.82 Å². The van der Waals surface area contributed by atoms with Crippen LogP contribution < -0.4 is 5.73 Å². The Kier molecular flexibility index (Phi) is 2.21. The van der Waals surface area contributed by atoms with E-state index in [2.05, 4.69) is 15.0 Å². The number of carbonyl (C=O) groups excluding carboxylic acids is 1. The van der Waals surface area contributed by atoms with Crippen LogP contribution in [0.15, 0.2) is 24.4 Å². The van der Waals surface area contributed by atoms with Crippen LogP contribution in [0, 0.1) is 6.92 Å². The van der Waals surface area contributed by atoms with Crippen LogP contribution in [0.5, 0.6) is 0 Å². The van der Waals surface area contributed by atoms with Gasteiger partial charge in [0.25, 0.3) is 5.91 Å². The predicted molar refractivity (Wildman–Crippen MR) is 55.1 cm³/mol. The molecule has 5 heteroatoms. The Morgan fingerprint density at radius 1 is 1.47 bits per heavy atom. The first kappa shape index (κ1) is 9.39. The van der Waals surface area contributed by atoms with Crippen molar-refractivity contribution in [1.29, 1.82) is 0 Å². The maximum atomic E-state index is 11.0. The van der Waals surface area contributed by atoms with Gasteiger partial charge in [0.1, 0.15) is 0 Å². The lowest BCUT2D eigenvalue weighted by molar-refractivity contribution is 0.0990. The third kappa shape index (κ3) is 1.85. The molecular formula is C10H10N4O. The molecule has 0 radical (unpaired) electrons. The summed E-state index contributed by atoms with van der Waals surface area (Å²) in [6.45, 7) is 1.79. The van der Waals surface area contributed by atoms with Crippen LogP contribution in [-0.4, -0.2) is 20.9 Å². The van der Waals surface area contributed by atoms with Crippen LogP contribution >= 0.6 is 0 Å². The van der Waals surface area contributed by atoms with Gasteiger partial charge in [-0.2, -0.15) is 0 Å². The molecule has 76 valence electrons. The molecule has 0 spiro atoms. The van der Waals surface area contributed by atoms with Crippen molar-refractivity contribution < 1.29 is 4.79 Å². The number of hydrogen-bond acceptors (Lipinski definition) is 3. The maximum Gasteiger partial charge on any atom is 0.286 e. The number of amides is 1. The molecule has 0 atom stereocenters. The van der Waals surface area contributed by atoms with E-state index in [1.54, 1.807) is 19.2 Å². The number of carbonyl (C=O) groups is 1. The van der Waals surface area contributed by atoms with Crippen molar-refractivity contribution in [3.8, 4) is 11.4 Å². The van der Waals surface area contributed by atoms with Crippen molar-refractivity contribution in [3.63, 3.8) is 0 Å². The summed E-state index contributed by atoms with van der Waals surface area (Å²) >= 11 is 0. The molecule has 0 aliphatic carbocycles. The third-order valence-corrected chi connectivity index (χ3v) is 1.95. The van der Waals surface area contributed by atoms with Gasteiger partial charge in [-0.25, -0.2) is 9.97 Å². The van der Waals surface area contributed by atoms with Crippen LogP contribution in [0.4, 0.5) is 0 Å². The molecule has 3 N–H and O–H groups in total. The van der Waals surface area contributed by atoms with E-state index in [1.807, 2.05) is 12.1 Å². The zero-order valence-electron chi connectivity index (χ0n) is 8.19. The van der Waals surface area contributed by atoms with Crippen molar-refractivity contribution in [2.45, 2.75) is 6.92 Å². The minimum Gasteiger partial charge on any atom is -0.363 e. The molecule has 1 amide bonds. The Labute approximate surface area is 86.4 Å². The fourth-order valence-corrected chi connectivity index (χ4v) is 1.31. The van der Waals surface area contributed by atoms with E-state index in [1.165, 1.54) is 0 Å². The minimum atomic E-state index is -0.619. The van der Waals surface area contributed by atoms with E-state index in [-0.39, 0.29) is 5.82 Å². The summed E-state index contributed by atoms with van der Waals surface area (Å²) in [7, 11) is 0. The molecule has 2 aromatic rings. The molecule has 0 aliphatic heterocycles. The quantitative estimate of drug-likeness (QED) is 0.758. The fourth-order valence-electron chi connectivity index (χ4n) is 1.31. The molecule has 0 bridgehead atoms. The van der Waals surface area contributed by atoms with Crippen LogP contribution in [0.1, 0.15) is 16.3 Å². The van der Waals surface area contributed by atoms with Crippen molar-refractivity contribution in [2.75, 3.05) is 0 Å². The topological polar surface area (TPSA) is 84.7 Å². The number of H-pyrrole nitrogens is 1. The number of primary amides is 1. The number of nitrogens with one attached hydrogen (secondary N) is 1. The van der Waals surface area contributed by atoms with Crippen molar-refractivity contribution >= 4 is 5.91 Å². The number of aromatic amines is 1. The van der Waals surface area contributed by atoms with E-state index in [9.17, 15) is 4.79 Å². The number of nitrogens with two attached hydrogens (primary N) is 1. The molecule has 2 heterocycles. The first-order valence-electron chi connectivity index (χ1n) is 4.46. The Balaban J connectivity index is 2.54. The van der Waals surface area contributed by atoms with E-state index in [0.29, 0.717) is 11.4 Å². The normalized spacial score (nSPS) is 10.2. The summed E-state index contributed by atoms with van der Waals surface area (Å²) in [5.41, 5.74) is 7.35. The third-order valence-electron chi connectivity index (χ3n) is 1.95. The van der Waals surface area contributed by atoms with E-state index >= 15 is 0 Å². The molecule has 15 heavy (non-hydrogen) atoms. The van der Waals surface area contributed by atoms with Gasteiger partial charge in [-0.05, 0) is 25.1 Å². The SMILES string of the molecule is Cc1cc(-c2ccc[nH]2)nc(C(N)=O)n1. The lowest BCUT2D eigenvalue weighted by Crippen LogP contribution is -2.16. The second-order valence-corrected chi connectivity index (χ2v) is 3.17. The molecule has 0 aromatic carbocycles. The molecular weight excluding hydrogens is 192 g/mol. The number of hydrogen-bond donors (Lipinski definition) is 2. The number of nitrogens with zero attached hydrogens (tertiary/aromatic N) is 2. The zero-order valence-corrected chi connectivity index (χ0v) is 8.19. The van der Waals surface area contributed by atoms with E-state index in [0.717, 1.165) is 5.69 Å². The Morgan fingerprint density at radius 2 is 2.27 bits per heavy atom. The van der Waals surface area contributed by atoms with Crippen LogP contribution in [0.3, 0.4) is 0 Å². The summed E-state index contributed by atoms with van der Waals surface area (Å²) < 4.78 is 0.